The summed E-state index contributed by atoms with van der Waals surface area (Å²) in [5, 5.41) is 0. The quantitative estimate of drug-likeness (QED) is 0.898. The van der Waals surface area contributed by atoms with Crippen molar-refractivity contribution in [1.82, 2.24) is 0 Å². The molecule has 0 heterocycles. The summed E-state index contributed by atoms with van der Waals surface area (Å²) in [4.78, 5) is 2.16. The van der Waals surface area contributed by atoms with E-state index in [0.717, 1.165) is 23.5 Å². The molecule has 106 valence electrons. The third-order valence-corrected chi connectivity index (χ3v) is 3.40. The summed E-state index contributed by atoms with van der Waals surface area (Å²) in [5.74, 6) is -0.249. The van der Waals surface area contributed by atoms with E-state index >= 15 is 0 Å². The molecule has 0 fully saturated rings. The molecule has 0 aliphatic carbocycles. The Bertz CT molecular complexity index is 593. The van der Waals surface area contributed by atoms with Gasteiger partial charge in [0.25, 0.3) is 0 Å². The normalized spacial score (nSPS) is 12.2. The lowest BCUT2D eigenvalue weighted by Crippen LogP contribution is -2.20. The lowest BCUT2D eigenvalue weighted by molar-refractivity contribution is 0.622. The Hall–Kier alpha value is -1.87. The van der Waals surface area contributed by atoms with Gasteiger partial charge in [0.05, 0.1) is 0 Å². The Kier molecular flexibility index (Phi) is 4.40. The molecule has 2 nitrogen and oxygen atoms in total. The average molecular weight is 272 g/mol. The van der Waals surface area contributed by atoms with E-state index in [0.29, 0.717) is 0 Å². The molecule has 20 heavy (non-hydrogen) atoms. The molecular formula is C17H21FN2. The highest BCUT2D eigenvalue weighted by molar-refractivity contribution is 5.67. The van der Waals surface area contributed by atoms with Crippen LogP contribution in [-0.4, -0.2) is 6.54 Å². The first-order valence-electron chi connectivity index (χ1n) is 6.92. The van der Waals surface area contributed by atoms with Crippen LogP contribution >= 0.6 is 0 Å². The van der Waals surface area contributed by atoms with Crippen molar-refractivity contribution in [3.05, 3.63) is 59.4 Å². The second-order valence-corrected chi connectivity index (χ2v) is 5.08. The zero-order valence-corrected chi connectivity index (χ0v) is 12.2. The number of hydrogen-bond donors (Lipinski definition) is 1. The van der Waals surface area contributed by atoms with E-state index in [4.69, 9.17) is 5.73 Å². The third kappa shape index (κ3) is 2.99. The van der Waals surface area contributed by atoms with Gasteiger partial charge in [-0.3, -0.25) is 0 Å². The maximum atomic E-state index is 13.5. The van der Waals surface area contributed by atoms with E-state index in [1.165, 1.54) is 17.7 Å². The van der Waals surface area contributed by atoms with Crippen LogP contribution in [0.3, 0.4) is 0 Å². The Morgan fingerprint density at radius 3 is 2.55 bits per heavy atom. The Morgan fingerprint density at radius 1 is 1.20 bits per heavy atom. The van der Waals surface area contributed by atoms with Gasteiger partial charge in [0.1, 0.15) is 5.82 Å². The molecule has 1 unspecified atom stereocenters. The number of nitrogens with two attached hydrogens (primary N) is 1. The van der Waals surface area contributed by atoms with Crippen molar-refractivity contribution in [2.75, 3.05) is 11.4 Å². The standard InChI is InChI=1S/C17H21FN2/c1-4-20(15-7-5-6-12(2)10-15)17-9-8-14(18)11-16(17)13(3)19/h5-11,13H,4,19H2,1-3H3. The van der Waals surface area contributed by atoms with Gasteiger partial charge in [0.2, 0.25) is 0 Å². The topological polar surface area (TPSA) is 29.3 Å². The van der Waals surface area contributed by atoms with Crippen molar-refractivity contribution in [2.24, 2.45) is 5.73 Å². The minimum absolute atomic E-state index is 0.209. The van der Waals surface area contributed by atoms with E-state index in [1.54, 1.807) is 6.07 Å². The Balaban J connectivity index is 2.52. The number of aryl methyl sites for hydroxylation is 1. The summed E-state index contributed by atoms with van der Waals surface area (Å²) in [6.45, 7) is 6.82. The molecule has 3 heteroatoms. The number of anilines is 2. The van der Waals surface area contributed by atoms with Crippen molar-refractivity contribution in [3.8, 4) is 0 Å². The zero-order valence-electron chi connectivity index (χ0n) is 12.2. The lowest BCUT2D eigenvalue weighted by Gasteiger charge is -2.27. The van der Waals surface area contributed by atoms with Crippen molar-refractivity contribution >= 4 is 11.4 Å². The van der Waals surface area contributed by atoms with Crippen LogP contribution < -0.4 is 10.6 Å². The van der Waals surface area contributed by atoms with Gasteiger partial charge in [-0.1, -0.05) is 12.1 Å². The van der Waals surface area contributed by atoms with Gasteiger partial charge >= 0.3 is 0 Å². The third-order valence-electron chi connectivity index (χ3n) is 3.40. The van der Waals surface area contributed by atoms with Crippen molar-refractivity contribution in [1.29, 1.82) is 0 Å². The maximum Gasteiger partial charge on any atom is 0.123 e. The van der Waals surface area contributed by atoms with Crippen molar-refractivity contribution in [2.45, 2.75) is 26.8 Å². The van der Waals surface area contributed by atoms with Gasteiger partial charge in [-0.2, -0.15) is 0 Å². The summed E-state index contributed by atoms with van der Waals surface area (Å²) in [6.07, 6.45) is 0. The number of nitrogens with zero attached hydrogens (tertiary/aromatic N) is 1. The summed E-state index contributed by atoms with van der Waals surface area (Å²) in [5.41, 5.74) is 10.1. The van der Waals surface area contributed by atoms with Crippen LogP contribution in [0.4, 0.5) is 15.8 Å². The molecule has 2 aromatic carbocycles. The van der Waals surface area contributed by atoms with Crippen LogP contribution in [0.15, 0.2) is 42.5 Å². The SMILES string of the molecule is CCN(c1cccc(C)c1)c1ccc(F)cc1C(C)N. The Morgan fingerprint density at radius 2 is 1.95 bits per heavy atom. The molecule has 2 rings (SSSR count). The molecule has 0 bridgehead atoms. The molecule has 0 saturated carbocycles. The number of benzene rings is 2. The minimum atomic E-state index is -0.249. The predicted octanol–water partition coefficient (Wildman–Crippen LogP) is 4.31. The van der Waals surface area contributed by atoms with E-state index in [-0.39, 0.29) is 11.9 Å². The molecule has 0 aromatic heterocycles. The van der Waals surface area contributed by atoms with Crippen LogP contribution in [-0.2, 0) is 0 Å². The smallest absolute Gasteiger partial charge is 0.123 e. The molecule has 1 atom stereocenters. The van der Waals surface area contributed by atoms with E-state index < -0.39 is 0 Å². The fraction of sp³-hybridized carbons (Fsp3) is 0.294. The van der Waals surface area contributed by atoms with E-state index in [2.05, 4.69) is 36.9 Å². The first-order valence-corrected chi connectivity index (χ1v) is 6.92. The summed E-state index contributed by atoms with van der Waals surface area (Å²) >= 11 is 0. The molecule has 0 aliphatic rings. The van der Waals surface area contributed by atoms with Gasteiger partial charge in [-0.25, -0.2) is 4.39 Å². The molecule has 0 spiro atoms. The first kappa shape index (κ1) is 14.5. The molecular weight excluding hydrogens is 251 g/mol. The monoisotopic (exact) mass is 272 g/mol. The summed E-state index contributed by atoms with van der Waals surface area (Å²) < 4.78 is 13.5. The summed E-state index contributed by atoms with van der Waals surface area (Å²) in [7, 11) is 0. The van der Waals surface area contributed by atoms with Crippen LogP contribution in [0.2, 0.25) is 0 Å². The molecule has 2 N–H and O–H groups in total. The van der Waals surface area contributed by atoms with Crippen LogP contribution in [0.25, 0.3) is 0 Å². The summed E-state index contributed by atoms with van der Waals surface area (Å²) in [6, 6.07) is 12.9. The zero-order chi connectivity index (χ0) is 14.7. The first-order chi connectivity index (χ1) is 9.52. The van der Waals surface area contributed by atoms with Gasteiger partial charge in [-0.05, 0) is 62.2 Å². The van der Waals surface area contributed by atoms with Crippen LogP contribution in [0.1, 0.15) is 31.0 Å². The van der Waals surface area contributed by atoms with Gasteiger partial charge in [0.15, 0.2) is 0 Å². The number of rotatable bonds is 4. The van der Waals surface area contributed by atoms with Crippen LogP contribution in [0.5, 0.6) is 0 Å². The second kappa shape index (κ2) is 6.06. The number of hydrogen-bond acceptors (Lipinski definition) is 2. The molecule has 0 saturated heterocycles. The van der Waals surface area contributed by atoms with Gasteiger partial charge < -0.3 is 10.6 Å². The predicted molar refractivity (Wildman–Crippen MR) is 82.9 cm³/mol. The lowest BCUT2D eigenvalue weighted by atomic mass is 10.0. The average Bonchev–Trinajstić information content (AvgIpc) is 2.41. The Labute approximate surface area is 120 Å². The van der Waals surface area contributed by atoms with Crippen LogP contribution in [0, 0.1) is 12.7 Å². The van der Waals surface area contributed by atoms with Crippen molar-refractivity contribution in [3.63, 3.8) is 0 Å². The minimum Gasteiger partial charge on any atom is -0.341 e. The fourth-order valence-electron chi connectivity index (χ4n) is 2.42. The second-order valence-electron chi connectivity index (χ2n) is 5.08. The molecule has 0 amide bonds. The highest BCUT2D eigenvalue weighted by Gasteiger charge is 2.15. The largest absolute Gasteiger partial charge is 0.341 e. The van der Waals surface area contributed by atoms with Gasteiger partial charge in [-0.15, -0.1) is 0 Å². The number of halogens is 1. The van der Waals surface area contributed by atoms with Gasteiger partial charge in [0, 0.05) is 24.0 Å². The maximum absolute atomic E-state index is 13.5. The highest BCUT2D eigenvalue weighted by atomic mass is 19.1. The molecule has 2 aromatic rings. The highest BCUT2D eigenvalue weighted by Crippen LogP contribution is 2.32. The van der Waals surface area contributed by atoms with E-state index in [1.807, 2.05) is 13.0 Å². The fourth-order valence-corrected chi connectivity index (χ4v) is 2.42. The molecule has 0 aliphatic heterocycles. The van der Waals surface area contributed by atoms with E-state index in [9.17, 15) is 4.39 Å². The van der Waals surface area contributed by atoms with Crippen molar-refractivity contribution < 1.29 is 4.39 Å². The molecule has 0 radical (unpaired) electrons.